The van der Waals surface area contributed by atoms with Crippen molar-refractivity contribution in [3.8, 4) is 0 Å². The lowest BCUT2D eigenvalue weighted by atomic mass is 10.1. The molecule has 0 radical (unpaired) electrons. The van der Waals surface area contributed by atoms with Crippen molar-refractivity contribution in [1.29, 1.82) is 0 Å². The Morgan fingerprint density at radius 1 is 0.893 bits per heavy atom. The van der Waals surface area contributed by atoms with Gasteiger partial charge in [-0.05, 0) is 44.9 Å². The highest BCUT2D eigenvalue weighted by molar-refractivity contribution is 5.69. The van der Waals surface area contributed by atoms with E-state index < -0.39 is 6.10 Å². The number of rotatable bonds is 17. The van der Waals surface area contributed by atoms with E-state index in [9.17, 15) is 9.90 Å². The van der Waals surface area contributed by atoms with Crippen LogP contribution >= 0.6 is 0 Å². The molecule has 28 heavy (non-hydrogen) atoms. The predicted octanol–water partition coefficient (Wildman–Crippen LogP) is 4.00. The number of unbranched alkanes of at least 4 members (excludes halogenated alkanes) is 1. The first-order valence-corrected chi connectivity index (χ1v) is 10.3. The summed E-state index contributed by atoms with van der Waals surface area (Å²) in [7, 11) is 0. The fraction of sp³-hybridized carbons (Fsp3) is 0.609. The molecular weight excluding hydrogens is 356 g/mol. The molecule has 0 heterocycles. The van der Waals surface area contributed by atoms with Crippen molar-refractivity contribution in [1.82, 2.24) is 0 Å². The lowest BCUT2D eigenvalue weighted by molar-refractivity contribution is -0.153. The topological polar surface area (TPSA) is 87.0 Å². The molecule has 0 spiro atoms. The van der Waals surface area contributed by atoms with Crippen molar-refractivity contribution in [3.05, 3.63) is 48.6 Å². The molecule has 0 aliphatic carbocycles. The third kappa shape index (κ3) is 17.7. The van der Waals surface area contributed by atoms with Crippen molar-refractivity contribution in [3.63, 3.8) is 0 Å². The lowest BCUT2D eigenvalue weighted by Gasteiger charge is -2.11. The molecule has 0 rings (SSSR count). The normalized spacial score (nSPS) is 13.6. The highest BCUT2D eigenvalue weighted by Gasteiger charge is 2.11. The van der Waals surface area contributed by atoms with Gasteiger partial charge >= 0.3 is 5.97 Å². The molecule has 0 fully saturated rings. The maximum Gasteiger partial charge on any atom is 0.306 e. The molecule has 0 saturated carbocycles. The van der Waals surface area contributed by atoms with Crippen LogP contribution in [0.25, 0.3) is 0 Å². The summed E-state index contributed by atoms with van der Waals surface area (Å²) in [5.74, 6) is -0.389. The Morgan fingerprint density at radius 3 is 1.96 bits per heavy atom. The summed E-state index contributed by atoms with van der Waals surface area (Å²) in [4.78, 5) is 11.4. The summed E-state index contributed by atoms with van der Waals surface area (Å²) in [5.41, 5.74) is 0. The monoisotopic (exact) mass is 394 g/mol. The van der Waals surface area contributed by atoms with E-state index in [4.69, 9.17) is 14.9 Å². The van der Waals surface area contributed by atoms with E-state index >= 15 is 0 Å². The van der Waals surface area contributed by atoms with Gasteiger partial charge in [0.1, 0.15) is 6.10 Å². The first kappa shape index (κ1) is 26.3. The largest absolute Gasteiger partial charge is 0.457 e. The zero-order chi connectivity index (χ0) is 20.9. The maximum absolute atomic E-state index is 11.4. The summed E-state index contributed by atoms with van der Waals surface area (Å²) in [6.45, 7) is 1.36. The molecule has 0 aliphatic heterocycles. The molecule has 5 nitrogen and oxygen atoms in total. The van der Waals surface area contributed by atoms with Crippen LogP contribution in [0.1, 0.15) is 64.7 Å². The smallest absolute Gasteiger partial charge is 0.306 e. The van der Waals surface area contributed by atoms with Gasteiger partial charge in [-0.3, -0.25) is 4.79 Å². The summed E-state index contributed by atoms with van der Waals surface area (Å²) in [6, 6.07) is 0. The Hall–Kier alpha value is -1.69. The minimum Gasteiger partial charge on any atom is -0.457 e. The van der Waals surface area contributed by atoms with E-state index in [2.05, 4.69) is 43.4 Å². The molecule has 5 heteroatoms. The van der Waals surface area contributed by atoms with Crippen LogP contribution in [-0.4, -0.2) is 46.7 Å². The standard InChI is InChI=1S/C23H38O5/c1-2-16-21(26)17-14-12-10-8-6-4-3-5-7-9-11-13-15-18-23(27)28-22(19-24)20-25/h3,5-6,8-9,11-12,14,21-22,24-26H,2,4,7,10,13,15-20H2,1H3/b5-3-,8-6-,11-9-,14-12-. The highest BCUT2D eigenvalue weighted by Crippen LogP contribution is 2.04. The van der Waals surface area contributed by atoms with Gasteiger partial charge in [-0.1, -0.05) is 62.0 Å². The summed E-state index contributed by atoms with van der Waals surface area (Å²) < 4.78 is 4.89. The van der Waals surface area contributed by atoms with Gasteiger partial charge in [0.2, 0.25) is 0 Å². The van der Waals surface area contributed by atoms with Gasteiger partial charge in [0.25, 0.3) is 0 Å². The minimum atomic E-state index is -0.808. The van der Waals surface area contributed by atoms with Crippen LogP contribution in [-0.2, 0) is 9.53 Å². The van der Waals surface area contributed by atoms with Crippen LogP contribution in [0.5, 0.6) is 0 Å². The third-order valence-corrected chi connectivity index (χ3v) is 3.97. The number of hydrogen-bond donors (Lipinski definition) is 3. The van der Waals surface area contributed by atoms with Crippen molar-refractivity contribution >= 4 is 5.97 Å². The molecule has 1 unspecified atom stereocenters. The van der Waals surface area contributed by atoms with E-state index in [-0.39, 0.29) is 31.7 Å². The molecule has 0 saturated heterocycles. The number of carbonyl (C=O) groups is 1. The van der Waals surface area contributed by atoms with Crippen molar-refractivity contribution < 1.29 is 24.9 Å². The lowest BCUT2D eigenvalue weighted by Crippen LogP contribution is -2.25. The summed E-state index contributed by atoms with van der Waals surface area (Å²) in [6.07, 6.45) is 22.8. The maximum atomic E-state index is 11.4. The van der Waals surface area contributed by atoms with Crippen LogP contribution in [0.15, 0.2) is 48.6 Å². The second kappa shape index (κ2) is 20.1. The average molecular weight is 395 g/mol. The molecule has 0 aromatic heterocycles. The molecular formula is C23H38O5. The molecule has 160 valence electrons. The first-order chi connectivity index (χ1) is 13.6. The molecule has 1 atom stereocenters. The van der Waals surface area contributed by atoms with E-state index in [0.29, 0.717) is 6.42 Å². The zero-order valence-electron chi connectivity index (χ0n) is 17.2. The molecule has 0 aromatic carbocycles. The Labute approximate surface area is 170 Å². The number of aliphatic hydroxyl groups excluding tert-OH is 3. The molecule has 0 amide bonds. The molecule has 0 aliphatic rings. The number of ether oxygens (including phenoxy) is 1. The van der Waals surface area contributed by atoms with Gasteiger partial charge < -0.3 is 20.1 Å². The first-order valence-electron chi connectivity index (χ1n) is 10.3. The van der Waals surface area contributed by atoms with Gasteiger partial charge in [0.05, 0.1) is 19.3 Å². The second-order valence-electron chi connectivity index (χ2n) is 6.64. The van der Waals surface area contributed by atoms with Crippen LogP contribution in [0, 0.1) is 0 Å². The second-order valence-corrected chi connectivity index (χ2v) is 6.64. The predicted molar refractivity (Wildman–Crippen MR) is 114 cm³/mol. The fourth-order valence-corrected chi connectivity index (χ4v) is 2.38. The summed E-state index contributed by atoms with van der Waals surface area (Å²) in [5, 5.41) is 27.3. The van der Waals surface area contributed by atoms with Crippen molar-refractivity contribution in [2.75, 3.05) is 13.2 Å². The highest BCUT2D eigenvalue weighted by atomic mass is 16.6. The van der Waals surface area contributed by atoms with Crippen molar-refractivity contribution in [2.45, 2.75) is 76.9 Å². The van der Waals surface area contributed by atoms with Crippen molar-refractivity contribution in [2.24, 2.45) is 0 Å². The van der Waals surface area contributed by atoms with Gasteiger partial charge in [-0.2, -0.15) is 0 Å². The Kier molecular flexibility index (Phi) is 18.8. The van der Waals surface area contributed by atoms with E-state index in [1.54, 1.807) is 0 Å². The van der Waals surface area contributed by atoms with Crippen LogP contribution in [0.3, 0.4) is 0 Å². The number of hydrogen-bond acceptors (Lipinski definition) is 5. The zero-order valence-corrected chi connectivity index (χ0v) is 17.2. The number of allylic oxidation sites excluding steroid dienone is 7. The number of carbonyl (C=O) groups excluding carboxylic acids is 1. The average Bonchev–Trinajstić information content (AvgIpc) is 2.69. The van der Waals surface area contributed by atoms with Gasteiger partial charge in [-0.25, -0.2) is 0 Å². The Balaban J connectivity index is 3.61. The van der Waals surface area contributed by atoms with E-state index in [0.717, 1.165) is 44.9 Å². The quantitative estimate of drug-likeness (QED) is 0.197. The Morgan fingerprint density at radius 2 is 1.43 bits per heavy atom. The third-order valence-electron chi connectivity index (χ3n) is 3.97. The van der Waals surface area contributed by atoms with Crippen LogP contribution in [0.4, 0.5) is 0 Å². The molecule has 0 bridgehead atoms. The van der Waals surface area contributed by atoms with Crippen LogP contribution < -0.4 is 0 Å². The fourth-order valence-electron chi connectivity index (χ4n) is 2.38. The SMILES string of the molecule is CCCC(O)C/C=C\C/C=C\C/C=C\C/C=C\CCCC(=O)OC(CO)CO. The van der Waals surface area contributed by atoms with E-state index in [1.165, 1.54) is 0 Å². The van der Waals surface area contributed by atoms with Gasteiger partial charge in [-0.15, -0.1) is 0 Å². The molecule has 0 aromatic rings. The van der Waals surface area contributed by atoms with Gasteiger partial charge in [0.15, 0.2) is 0 Å². The number of aliphatic hydroxyl groups is 3. The van der Waals surface area contributed by atoms with E-state index in [1.807, 2.05) is 12.2 Å². The minimum absolute atomic E-state index is 0.208. The molecule has 3 N–H and O–H groups in total. The van der Waals surface area contributed by atoms with Gasteiger partial charge in [0, 0.05) is 6.42 Å². The Bertz CT molecular complexity index is 475. The number of esters is 1. The van der Waals surface area contributed by atoms with Crippen LogP contribution in [0.2, 0.25) is 0 Å². The summed E-state index contributed by atoms with van der Waals surface area (Å²) >= 11 is 0.